The average Bonchev–Trinajstić information content (AvgIpc) is 3.06. The highest BCUT2D eigenvalue weighted by Crippen LogP contribution is 2.70. The zero-order chi connectivity index (χ0) is 18.3. The van der Waals surface area contributed by atoms with Gasteiger partial charge in [-0.2, -0.15) is 0 Å². The van der Waals surface area contributed by atoms with Crippen LogP contribution in [-0.2, 0) is 4.79 Å². The molecule has 25 heavy (non-hydrogen) atoms. The fourth-order valence-electron chi connectivity index (χ4n) is 4.89. The van der Waals surface area contributed by atoms with Gasteiger partial charge in [0.05, 0.1) is 5.41 Å². The molecule has 0 heterocycles. The van der Waals surface area contributed by atoms with E-state index in [4.69, 9.17) is 0 Å². The summed E-state index contributed by atoms with van der Waals surface area (Å²) in [5.41, 5.74) is -0.197. The van der Waals surface area contributed by atoms with Crippen LogP contribution in [0.5, 0.6) is 0 Å². The number of rotatable bonds is 2. The Morgan fingerprint density at radius 1 is 0.880 bits per heavy atom. The van der Waals surface area contributed by atoms with Gasteiger partial charge in [0.2, 0.25) is 0 Å². The summed E-state index contributed by atoms with van der Waals surface area (Å²) in [5, 5.41) is 0. The molecule has 128 valence electrons. The second-order valence-electron chi connectivity index (χ2n) is 6.78. The zero-order valence-electron chi connectivity index (χ0n) is 13.6. The van der Waals surface area contributed by atoms with Crippen LogP contribution < -0.4 is 0 Å². The second kappa shape index (κ2) is 4.81. The molecule has 0 aliphatic heterocycles. The Bertz CT molecular complexity index is 898. The van der Waals surface area contributed by atoms with E-state index < -0.39 is 40.5 Å². The van der Waals surface area contributed by atoms with E-state index in [0.29, 0.717) is 16.7 Å². The maximum atomic E-state index is 14.6. The van der Waals surface area contributed by atoms with E-state index in [1.807, 2.05) is 0 Å². The lowest BCUT2D eigenvalue weighted by molar-refractivity contribution is -0.125. The number of carbonyl (C=O) groups is 1. The summed E-state index contributed by atoms with van der Waals surface area (Å²) in [7, 11) is 0. The topological polar surface area (TPSA) is 17.1 Å². The van der Waals surface area contributed by atoms with Crippen LogP contribution in [0.4, 0.5) is 17.6 Å². The summed E-state index contributed by atoms with van der Waals surface area (Å²) < 4.78 is 57.1. The van der Waals surface area contributed by atoms with Crippen molar-refractivity contribution in [2.24, 2.45) is 5.41 Å². The van der Waals surface area contributed by atoms with Gasteiger partial charge in [-0.3, -0.25) is 4.79 Å². The first-order valence-corrected chi connectivity index (χ1v) is 7.87. The number of benzene rings is 2. The number of Topliss-reactive ketones (excluding diaryl/α,β-unsaturated/α-hetero) is 1. The lowest BCUT2D eigenvalue weighted by Gasteiger charge is -2.33. The fourth-order valence-corrected chi connectivity index (χ4v) is 4.89. The van der Waals surface area contributed by atoms with Crippen molar-refractivity contribution < 1.29 is 22.4 Å². The first-order valence-electron chi connectivity index (χ1n) is 7.87. The highest BCUT2D eigenvalue weighted by atomic mass is 19.2. The van der Waals surface area contributed by atoms with Crippen LogP contribution in [0.3, 0.4) is 0 Å². The quantitative estimate of drug-likeness (QED) is 0.324. The van der Waals surface area contributed by atoms with E-state index in [1.165, 1.54) is 6.92 Å². The minimum absolute atomic E-state index is 0.265. The molecule has 2 aromatic rings. The van der Waals surface area contributed by atoms with Crippen LogP contribution in [0, 0.1) is 28.7 Å². The third-order valence-corrected chi connectivity index (χ3v) is 5.74. The molecular weight excluding hydrogens is 332 g/mol. The molecular formula is C20H14F4O. The van der Waals surface area contributed by atoms with E-state index in [9.17, 15) is 22.4 Å². The molecule has 0 fully saturated rings. The first-order chi connectivity index (χ1) is 11.8. The maximum absolute atomic E-state index is 14.6. The van der Waals surface area contributed by atoms with Crippen LogP contribution in [0.2, 0.25) is 0 Å². The first kappa shape index (κ1) is 16.1. The molecule has 2 bridgehead atoms. The number of hydrogen-bond donors (Lipinski definition) is 0. The Balaban J connectivity index is 2.20. The summed E-state index contributed by atoms with van der Waals surface area (Å²) in [4.78, 5) is 12.7. The van der Waals surface area contributed by atoms with Gasteiger partial charge in [-0.15, -0.1) is 0 Å². The molecule has 0 aromatic heterocycles. The van der Waals surface area contributed by atoms with E-state index in [0.717, 1.165) is 0 Å². The van der Waals surface area contributed by atoms with Gasteiger partial charge in [-0.1, -0.05) is 36.4 Å². The van der Waals surface area contributed by atoms with E-state index in [-0.39, 0.29) is 16.9 Å². The standard InChI is InChI=1S/C20H14F4O/c1-8(2)20(9(3)25)14-10-6-4-5-7-11(10)15(20)13-12(14)16(21)18(23)19(24)17(13)22/h4-7,14-15H,1H2,2-3H3/t14-,15-/m1/s1. The minimum atomic E-state index is -1.85. The van der Waals surface area contributed by atoms with Crippen LogP contribution in [0.1, 0.15) is 47.9 Å². The van der Waals surface area contributed by atoms with Crippen molar-refractivity contribution in [2.75, 3.05) is 0 Å². The number of carbonyl (C=O) groups excluding carboxylic acids is 1. The number of fused-ring (bicyclic) bond motifs is 8. The molecule has 0 spiro atoms. The molecule has 0 amide bonds. The zero-order valence-corrected chi connectivity index (χ0v) is 13.6. The molecule has 0 saturated carbocycles. The Hall–Kier alpha value is -2.43. The van der Waals surface area contributed by atoms with Gasteiger partial charge in [0, 0.05) is 23.0 Å². The predicted octanol–water partition coefficient (Wildman–Crippen LogP) is 4.99. The van der Waals surface area contributed by atoms with Crippen molar-refractivity contribution in [2.45, 2.75) is 25.7 Å². The molecule has 1 nitrogen and oxygen atoms in total. The molecule has 0 N–H and O–H groups in total. The van der Waals surface area contributed by atoms with Crippen molar-refractivity contribution in [3.05, 3.63) is 81.9 Å². The lowest BCUT2D eigenvalue weighted by Crippen LogP contribution is -2.34. The fraction of sp³-hybridized carbons (Fsp3) is 0.250. The van der Waals surface area contributed by atoms with Gasteiger partial charge in [-0.05, 0) is 25.0 Å². The molecule has 4 rings (SSSR count). The maximum Gasteiger partial charge on any atom is 0.197 e. The summed E-state index contributed by atoms with van der Waals surface area (Å²) in [6, 6.07) is 6.86. The number of allylic oxidation sites excluding steroid dienone is 1. The monoisotopic (exact) mass is 346 g/mol. The normalized spacial score (nSPS) is 25.7. The number of ketones is 1. The van der Waals surface area contributed by atoms with E-state index in [1.54, 1.807) is 31.2 Å². The Morgan fingerprint density at radius 3 is 1.60 bits per heavy atom. The Morgan fingerprint density at radius 2 is 1.28 bits per heavy atom. The molecule has 5 heteroatoms. The second-order valence-corrected chi connectivity index (χ2v) is 6.78. The third-order valence-electron chi connectivity index (χ3n) is 5.74. The minimum Gasteiger partial charge on any atom is -0.299 e. The Kier molecular flexibility index (Phi) is 3.09. The molecule has 0 unspecified atom stereocenters. The lowest BCUT2D eigenvalue weighted by atomic mass is 9.67. The van der Waals surface area contributed by atoms with Gasteiger partial charge in [-0.25, -0.2) is 17.6 Å². The summed E-state index contributed by atoms with van der Waals surface area (Å²) in [6.45, 7) is 6.83. The van der Waals surface area contributed by atoms with Gasteiger partial charge in [0.15, 0.2) is 23.3 Å². The molecule has 2 aromatic carbocycles. The van der Waals surface area contributed by atoms with Crippen molar-refractivity contribution in [3.63, 3.8) is 0 Å². The van der Waals surface area contributed by atoms with Crippen LogP contribution in [0.25, 0.3) is 0 Å². The summed E-state index contributed by atoms with van der Waals surface area (Å²) in [5.74, 6) is -8.71. The van der Waals surface area contributed by atoms with Gasteiger partial charge in [0.25, 0.3) is 0 Å². The molecule has 2 aliphatic carbocycles. The summed E-state index contributed by atoms with van der Waals surface area (Å²) in [6.07, 6.45) is 0. The smallest absolute Gasteiger partial charge is 0.197 e. The van der Waals surface area contributed by atoms with Crippen molar-refractivity contribution in [1.82, 2.24) is 0 Å². The van der Waals surface area contributed by atoms with E-state index >= 15 is 0 Å². The van der Waals surface area contributed by atoms with Crippen molar-refractivity contribution in [3.8, 4) is 0 Å². The Labute approximate surface area is 142 Å². The highest BCUT2D eigenvalue weighted by Gasteiger charge is 2.65. The van der Waals surface area contributed by atoms with Crippen LogP contribution in [0.15, 0.2) is 36.4 Å². The van der Waals surface area contributed by atoms with Gasteiger partial charge in [0.1, 0.15) is 5.78 Å². The van der Waals surface area contributed by atoms with Crippen LogP contribution in [-0.4, -0.2) is 5.78 Å². The molecule has 0 saturated heterocycles. The van der Waals surface area contributed by atoms with Crippen molar-refractivity contribution >= 4 is 5.78 Å². The van der Waals surface area contributed by atoms with Crippen molar-refractivity contribution in [1.29, 1.82) is 0 Å². The van der Waals surface area contributed by atoms with E-state index in [2.05, 4.69) is 6.58 Å². The average molecular weight is 346 g/mol. The summed E-state index contributed by atoms with van der Waals surface area (Å²) >= 11 is 0. The highest BCUT2D eigenvalue weighted by molar-refractivity contribution is 5.93. The molecule has 2 aliphatic rings. The van der Waals surface area contributed by atoms with Crippen LogP contribution >= 0.6 is 0 Å². The SMILES string of the molecule is C=C(C)C1(C(C)=O)[C@@H]2c3ccccc3[C@@H]1c1c(F)c(F)c(F)c(F)c12. The largest absolute Gasteiger partial charge is 0.299 e. The molecule has 2 atom stereocenters. The predicted molar refractivity (Wildman–Crippen MR) is 84.3 cm³/mol. The van der Waals surface area contributed by atoms with Gasteiger partial charge >= 0.3 is 0 Å². The third kappa shape index (κ3) is 1.57. The number of hydrogen-bond acceptors (Lipinski definition) is 1. The number of halogens is 4. The molecule has 0 radical (unpaired) electrons. The van der Waals surface area contributed by atoms with Gasteiger partial charge < -0.3 is 0 Å².